The number of aldehydes is 1. The Balaban J connectivity index is 1.96. The van der Waals surface area contributed by atoms with E-state index in [0.29, 0.717) is 6.04 Å². The van der Waals surface area contributed by atoms with Gasteiger partial charge in [-0.1, -0.05) is 31.0 Å². The molecule has 2 nitrogen and oxygen atoms in total. The van der Waals surface area contributed by atoms with Crippen molar-refractivity contribution in [1.82, 2.24) is 0 Å². The summed E-state index contributed by atoms with van der Waals surface area (Å²) in [6.07, 6.45) is 7.15. The van der Waals surface area contributed by atoms with Crippen LogP contribution in [0.5, 0.6) is 0 Å². The van der Waals surface area contributed by atoms with Gasteiger partial charge in [-0.3, -0.25) is 0 Å². The van der Waals surface area contributed by atoms with Gasteiger partial charge in [0.1, 0.15) is 6.29 Å². The summed E-state index contributed by atoms with van der Waals surface area (Å²) in [6.45, 7) is 0. The number of nitrogens with zero attached hydrogens (tertiary/aromatic N) is 1. The molecule has 1 heterocycles. The molecule has 16 heavy (non-hydrogen) atoms. The third kappa shape index (κ3) is 1.44. The number of hydrogen-bond acceptors (Lipinski definition) is 2. The van der Waals surface area contributed by atoms with Crippen LogP contribution in [0, 0.1) is 0 Å². The van der Waals surface area contributed by atoms with E-state index in [9.17, 15) is 4.79 Å². The predicted molar refractivity (Wildman–Crippen MR) is 64.7 cm³/mol. The van der Waals surface area contributed by atoms with E-state index in [4.69, 9.17) is 0 Å². The van der Waals surface area contributed by atoms with Crippen LogP contribution in [0.2, 0.25) is 0 Å². The predicted octanol–water partition coefficient (Wildman–Crippen LogP) is 2.56. The molecule has 3 rings (SSSR count). The van der Waals surface area contributed by atoms with E-state index >= 15 is 0 Å². The van der Waals surface area contributed by atoms with Crippen molar-refractivity contribution in [2.75, 3.05) is 4.90 Å². The summed E-state index contributed by atoms with van der Waals surface area (Å²) in [6, 6.07) is 9.14. The topological polar surface area (TPSA) is 20.3 Å². The number of carbonyl (C=O) groups is 1. The van der Waals surface area contributed by atoms with Crippen LogP contribution in [0.4, 0.5) is 5.69 Å². The molecule has 1 saturated carbocycles. The van der Waals surface area contributed by atoms with Crippen LogP contribution in [0.25, 0.3) is 0 Å². The number of anilines is 1. The van der Waals surface area contributed by atoms with Crippen molar-refractivity contribution in [2.24, 2.45) is 0 Å². The zero-order chi connectivity index (χ0) is 11.0. The number of hydrogen-bond donors (Lipinski definition) is 0. The van der Waals surface area contributed by atoms with Crippen LogP contribution in [0.3, 0.4) is 0 Å². The van der Waals surface area contributed by atoms with Crippen LogP contribution in [-0.4, -0.2) is 18.4 Å². The molecule has 1 aromatic rings. The van der Waals surface area contributed by atoms with E-state index in [1.54, 1.807) is 0 Å². The van der Waals surface area contributed by atoms with Gasteiger partial charge in [-0.05, 0) is 24.5 Å². The number of carbonyl (C=O) groups excluding carboxylic acids is 1. The zero-order valence-electron chi connectivity index (χ0n) is 9.43. The number of para-hydroxylation sites is 1. The molecule has 0 aromatic heterocycles. The second kappa shape index (κ2) is 3.93. The normalized spacial score (nSPS) is 24.8. The molecular weight excluding hydrogens is 198 g/mol. The maximum Gasteiger partial charge on any atom is 0.142 e. The monoisotopic (exact) mass is 215 g/mol. The lowest BCUT2D eigenvalue weighted by Crippen LogP contribution is -2.40. The van der Waals surface area contributed by atoms with E-state index < -0.39 is 0 Å². The lowest BCUT2D eigenvalue weighted by Gasteiger charge is -2.30. The first kappa shape index (κ1) is 9.88. The molecule has 0 N–H and O–H groups in total. The molecule has 0 saturated heterocycles. The van der Waals surface area contributed by atoms with Gasteiger partial charge in [-0.15, -0.1) is 0 Å². The van der Waals surface area contributed by atoms with Crippen molar-refractivity contribution in [2.45, 2.75) is 44.2 Å². The Morgan fingerprint density at radius 2 is 1.94 bits per heavy atom. The Kier molecular flexibility index (Phi) is 2.43. The molecule has 1 atom stereocenters. The maximum atomic E-state index is 11.2. The van der Waals surface area contributed by atoms with Gasteiger partial charge in [0.15, 0.2) is 0 Å². The summed E-state index contributed by atoms with van der Waals surface area (Å²) in [4.78, 5) is 13.6. The summed E-state index contributed by atoms with van der Waals surface area (Å²) < 4.78 is 0. The largest absolute Gasteiger partial charge is 0.358 e. The standard InChI is InChI=1S/C14H17NO/c16-10-13-9-11-5-1-4-8-14(11)15(13)12-6-2-3-7-12/h1,4-5,8,10,12-13H,2-3,6-7,9H2. The summed E-state index contributed by atoms with van der Waals surface area (Å²) >= 11 is 0. The Morgan fingerprint density at radius 1 is 1.19 bits per heavy atom. The molecule has 2 heteroatoms. The Morgan fingerprint density at radius 3 is 2.69 bits per heavy atom. The summed E-state index contributed by atoms with van der Waals surface area (Å²) in [5.41, 5.74) is 2.64. The lowest BCUT2D eigenvalue weighted by atomic mass is 10.1. The second-order valence-electron chi connectivity index (χ2n) is 4.88. The summed E-state index contributed by atoms with van der Waals surface area (Å²) in [5.74, 6) is 0. The van der Waals surface area contributed by atoms with Gasteiger partial charge in [0, 0.05) is 18.2 Å². The van der Waals surface area contributed by atoms with Crippen LogP contribution in [-0.2, 0) is 11.2 Å². The molecule has 0 bridgehead atoms. The Hall–Kier alpha value is -1.31. The molecule has 0 amide bonds. The quantitative estimate of drug-likeness (QED) is 0.707. The third-order valence-electron chi connectivity index (χ3n) is 3.93. The van der Waals surface area contributed by atoms with E-state index in [1.165, 1.54) is 36.9 Å². The first-order chi connectivity index (χ1) is 7.90. The zero-order valence-corrected chi connectivity index (χ0v) is 9.43. The van der Waals surface area contributed by atoms with Crippen molar-refractivity contribution in [3.63, 3.8) is 0 Å². The van der Waals surface area contributed by atoms with E-state index in [2.05, 4.69) is 29.2 Å². The first-order valence-electron chi connectivity index (χ1n) is 6.21. The maximum absolute atomic E-state index is 11.2. The highest BCUT2D eigenvalue weighted by Gasteiger charge is 2.34. The average molecular weight is 215 g/mol. The molecule has 2 aliphatic rings. The van der Waals surface area contributed by atoms with Crippen molar-refractivity contribution < 1.29 is 4.79 Å². The summed E-state index contributed by atoms with van der Waals surface area (Å²) in [5, 5.41) is 0. The highest BCUT2D eigenvalue weighted by molar-refractivity contribution is 5.74. The first-order valence-corrected chi connectivity index (χ1v) is 6.21. The van der Waals surface area contributed by atoms with Crippen LogP contribution in [0.1, 0.15) is 31.2 Å². The van der Waals surface area contributed by atoms with E-state index in [0.717, 1.165) is 12.7 Å². The van der Waals surface area contributed by atoms with Crippen LogP contribution in [0.15, 0.2) is 24.3 Å². The van der Waals surface area contributed by atoms with Gasteiger partial charge in [0.2, 0.25) is 0 Å². The lowest BCUT2D eigenvalue weighted by molar-refractivity contribution is -0.108. The molecule has 1 aliphatic heterocycles. The summed E-state index contributed by atoms with van der Waals surface area (Å²) in [7, 11) is 0. The van der Waals surface area contributed by atoms with Crippen LogP contribution >= 0.6 is 0 Å². The molecule has 0 spiro atoms. The number of fused-ring (bicyclic) bond motifs is 1. The average Bonchev–Trinajstić information content (AvgIpc) is 2.94. The van der Waals surface area contributed by atoms with Gasteiger partial charge in [0.25, 0.3) is 0 Å². The van der Waals surface area contributed by atoms with Gasteiger partial charge in [-0.25, -0.2) is 0 Å². The Labute approximate surface area is 96.3 Å². The van der Waals surface area contributed by atoms with Gasteiger partial charge in [0.05, 0.1) is 6.04 Å². The van der Waals surface area contributed by atoms with Crippen molar-refractivity contribution in [1.29, 1.82) is 0 Å². The SMILES string of the molecule is O=CC1Cc2ccccc2N1C1CCCC1. The molecule has 1 unspecified atom stereocenters. The minimum Gasteiger partial charge on any atom is -0.358 e. The minimum absolute atomic E-state index is 0.0838. The molecular formula is C14H17NO. The van der Waals surface area contributed by atoms with E-state index in [-0.39, 0.29) is 6.04 Å². The minimum atomic E-state index is 0.0838. The molecule has 1 aliphatic carbocycles. The number of rotatable bonds is 2. The van der Waals surface area contributed by atoms with Crippen LogP contribution < -0.4 is 4.90 Å². The fourth-order valence-corrected chi connectivity index (χ4v) is 3.20. The highest BCUT2D eigenvalue weighted by atomic mass is 16.1. The third-order valence-corrected chi connectivity index (χ3v) is 3.93. The molecule has 1 fully saturated rings. The van der Waals surface area contributed by atoms with Gasteiger partial charge in [-0.2, -0.15) is 0 Å². The van der Waals surface area contributed by atoms with E-state index in [1.807, 2.05) is 0 Å². The van der Waals surface area contributed by atoms with Gasteiger partial charge >= 0.3 is 0 Å². The van der Waals surface area contributed by atoms with Gasteiger partial charge < -0.3 is 9.69 Å². The molecule has 1 aromatic carbocycles. The highest BCUT2D eigenvalue weighted by Crippen LogP contribution is 2.37. The number of benzene rings is 1. The van der Waals surface area contributed by atoms with Crippen molar-refractivity contribution in [3.05, 3.63) is 29.8 Å². The fourth-order valence-electron chi connectivity index (χ4n) is 3.20. The smallest absolute Gasteiger partial charge is 0.142 e. The van der Waals surface area contributed by atoms with Crippen molar-refractivity contribution >= 4 is 12.0 Å². The second-order valence-corrected chi connectivity index (χ2v) is 4.88. The Bertz CT molecular complexity index is 395. The molecule has 0 radical (unpaired) electrons. The van der Waals surface area contributed by atoms with Crippen molar-refractivity contribution in [3.8, 4) is 0 Å². The fraction of sp³-hybridized carbons (Fsp3) is 0.500. The molecule has 84 valence electrons.